The number of carbonyl (C=O) groups is 4. The van der Waals surface area contributed by atoms with Gasteiger partial charge in [0.05, 0.1) is 19.3 Å². The molecule has 0 aromatic rings. The standard InChI is InChI=1S/C10H18O3.C8H14O3.C7H12O4.C7H12O3/c1-9(2)10(12)13-8-6-4-3-5-7-11;1-6(2)8(10)11-7(3)4-5-9;1-5(2)7(10)11-4-6(9)3-8;1-5(2)7(9)10-4-6(3)8/h11H,1,3-8H2,2H3;7,9H,1,4-5H2,2-3H3;6,8-9H,1,3-4H2,2H3;6,8H,1,4H2,2-3H3. The van der Waals surface area contributed by atoms with Gasteiger partial charge in [-0.1, -0.05) is 32.7 Å². The topological polar surface area (TPSA) is 206 Å². The Morgan fingerprint density at radius 3 is 1.40 bits per heavy atom. The van der Waals surface area contributed by atoms with Gasteiger partial charge < -0.3 is 44.5 Å². The molecule has 0 aliphatic carbocycles. The summed E-state index contributed by atoms with van der Waals surface area (Å²) in [7, 11) is 0. The van der Waals surface area contributed by atoms with Crippen LogP contribution in [-0.2, 0) is 38.1 Å². The van der Waals surface area contributed by atoms with E-state index in [9.17, 15) is 19.2 Å². The fourth-order valence-electron chi connectivity index (χ4n) is 2.05. The van der Waals surface area contributed by atoms with Gasteiger partial charge in [-0.05, 0) is 60.8 Å². The molecular weight excluding hydrogens is 592 g/mol. The highest BCUT2D eigenvalue weighted by molar-refractivity contribution is 5.88. The number of unbranched alkanes of at least 4 members (excludes halogenated alkanes) is 3. The van der Waals surface area contributed by atoms with Gasteiger partial charge in [-0.25, -0.2) is 19.2 Å². The molecule has 0 spiro atoms. The predicted molar refractivity (Wildman–Crippen MR) is 170 cm³/mol. The Morgan fingerprint density at radius 2 is 1.02 bits per heavy atom. The number of aliphatic hydroxyl groups excluding tert-OH is 5. The van der Waals surface area contributed by atoms with Crippen molar-refractivity contribution in [3.63, 3.8) is 0 Å². The molecule has 0 amide bonds. The van der Waals surface area contributed by atoms with E-state index in [0.717, 1.165) is 25.7 Å². The maximum absolute atomic E-state index is 10.9. The summed E-state index contributed by atoms with van der Waals surface area (Å²) in [6.45, 7) is 23.4. The van der Waals surface area contributed by atoms with E-state index in [1.807, 2.05) is 0 Å². The normalized spacial score (nSPS) is 11.5. The van der Waals surface area contributed by atoms with Gasteiger partial charge in [0.1, 0.15) is 25.4 Å². The zero-order valence-electron chi connectivity index (χ0n) is 27.8. The monoisotopic (exact) mass is 648 g/mol. The smallest absolute Gasteiger partial charge is 0.333 e. The van der Waals surface area contributed by atoms with Gasteiger partial charge in [0.15, 0.2) is 0 Å². The number of esters is 4. The van der Waals surface area contributed by atoms with Gasteiger partial charge in [0, 0.05) is 41.9 Å². The first-order chi connectivity index (χ1) is 20.9. The number of hydrogen-bond acceptors (Lipinski definition) is 13. The molecule has 5 N–H and O–H groups in total. The van der Waals surface area contributed by atoms with Gasteiger partial charge in [0.25, 0.3) is 0 Å². The van der Waals surface area contributed by atoms with Crippen LogP contribution in [0, 0.1) is 0 Å². The van der Waals surface area contributed by atoms with Crippen molar-refractivity contribution in [2.75, 3.05) is 39.6 Å². The summed E-state index contributed by atoms with van der Waals surface area (Å²) in [5.74, 6) is -1.73. The molecule has 0 aliphatic rings. The molecule has 13 heteroatoms. The van der Waals surface area contributed by atoms with E-state index in [1.54, 1.807) is 34.6 Å². The molecule has 0 heterocycles. The minimum Gasteiger partial charge on any atom is -0.462 e. The summed E-state index contributed by atoms with van der Waals surface area (Å²) in [5.41, 5.74) is 1.45. The van der Waals surface area contributed by atoms with Crippen molar-refractivity contribution in [1.82, 2.24) is 0 Å². The molecule has 0 saturated heterocycles. The van der Waals surface area contributed by atoms with Gasteiger partial charge in [0.2, 0.25) is 0 Å². The summed E-state index contributed by atoms with van der Waals surface area (Å²) in [4.78, 5) is 43.0. The Bertz CT molecular complexity index is 893. The van der Waals surface area contributed by atoms with Crippen LogP contribution in [-0.4, -0.2) is 107 Å². The maximum Gasteiger partial charge on any atom is 0.333 e. The SMILES string of the molecule is C=C(C)C(=O)OC(C)CCO.C=C(C)C(=O)OCC(C)O.C=C(C)C(=O)OCC(O)CO.C=C(C)C(=O)OCCCCCCO. The molecule has 0 aromatic carbocycles. The highest BCUT2D eigenvalue weighted by Crippen LogP contribution is 2.02. The van der Waals surface area contributed by atoms with Crippen LogP contribution in [0.4, 0.5) is 0 Å². The van der Waals surface area contributed by atoms with E-state index < -0.39 is 36.7 Å². The van der Waals surface area contributed by atoms with Gasteiger partial charge in [-0.15, -0.1) is 0 Å². The number of ether oxygens (including phenoxy) is 4. The lowest BCUT2D eigenvalue weighted by Crippen LogP contribution is -2.22. The van der Waals surface area contributed by atoms with Crippen LogP contribution in [0.5, 0.6) is 0 Å². The fraction of sp³-hybridized carbons (Fsp3) is 0.625. The molecule has 0 bridgehead atoms. The van der Waals surface area contributed by atoms with E-state index in [2.05, 4.69) is 35.8 Å². The zero-order chi connectivity index (χ0) is 36.0. The zero-order valence-corrected chi connectivity index (χ0v) is 27.8. The molecule has 3 unspecified atom stereocenters. The first-order valence-electron chi connectivity index (χ1n) is 14.4. The summed E-state index contributed by atoms with van der Waals surface area (Å²) in [6, 6.07) is 0. The van der Waals surface area contributed by atoms with Crippen molar-refractivity contribution in [3.8, 4) is 0 Å². The molecule has 262 valence electrons. The Morgan fingerprint density at radius 1 is 0.600 bits per heavy atom. The lowest BCUT2D eigenvalue weighted by Gasteiger charge is -2.10. The average Bonchev–Trinajstić information content (AvgIpc) is 2.96. The molecular formula is C32H56O13. The maximum atomic E-state index is 10.9. The van der Waals surface area contributed by atoms with Crippen LogP contribution in [0.15, 0.2) is 48.6 Å². The summed E-state index contributed by atoms with van der Waals surface area (Å²) >= 11 is 0. The molecule has 0 saturated carbocycles. The molecule has 0 fully saturated rings. The van der Waals surface area contributed by atoms with Crippen molar-refractivity contribution in [2.24, 2.45) is 0 Å². The molecule has 0 aliphatic heterocycles. The van der Waals surface area contributed by atoms with E-state index in [-0.39, 0.29) is 44.1 Å². The van der Waals surface area contributed by atoms with E-state index in [0.29, 0.717) is 29.7 Å². The van der Waals surface area contributed by atoms with E-state index in [1.165, 1.54) is 6.92 Å². The van der Waals surface area contributed by atoms with Crippen LogP contribution >= 0.6 is 0 Å². The van der Waals surface area contributed by atoms with Crippen molar-refractivity contribution < 1.29 is 63.7 Å². The third-order valence-corrected chi connectivity index (χ3v) is 4.60. The minimum atomic E-state index is -1.00. The second-order valence-electron chi connectivity index (χ2n) is 10.0. The van der Waals surface area contributed by atoms with Gasteiger partial charge in [-0.3, -0.25) is 0 Å². The van der Waals surface area contributed by atoms with E-state index >= 15 is 0 Å². The number of carbonyl (C=O) groups excluding carboxylic acids is 4. The third-order valence-electron chi connectivity index (χ3n) is 4.60. The van der Waals surface area contributed by atoms with E-state index in [4.69, 9.17) is 35.0 Å². The van der Waals surface area contributed by atoms with Gasteiger partial charge in [-0.2, -0.15) is 0 Å². The average molecular weight is 649 g/mol. The first kappa shape index (κ1) is 48.5. The second kappa shape index (κ2) is 32.0. The molecule has 3 atom stereocenters. The molecule has 0 aromatic heterocycles. The lowest BCUT2D eigenvalue weighted by molar-refractivity contribution is -0.144. The number of hydrogen-bond donors (Lipinski definition) is 5. The largest absolute Gasteiger partial charge is 0.462 e. The Hall–Kier alpha value is -3.36. The fourth-order valence-corrected chi connectivity index (χ4v) is 2.05. The summed E-state index contributed by atoms with van der Waals surface area (Å²) in [5, 5.41) is 42.7. The quantitative estimate of drug-likeness (QED) is 0.0628. The van der Waals surface area contributed by atoms with Crippen LogP contribution < -0.4 is 0 Å². The van der Waals surface area contributed by atoms with Crippen molar-refractivity contribution >= 4 is 23.9 Å². The lowest BCUT2D eigenvalue weighted by atomic mass is 10.2. The molecule has 0 rings (SSSR count). The predicted octanol–water partition coefficient (Wildman–Crippen LogP) is 2.48. The highest BCUT2D eigenvalue weighted by Gasteiger charge is 2.09. The molecule has 13 nitrogen and oxygen atoms in total. The molecule has 45 heavy (non-hydrogen) atoms. The van der Waals surface area contributed by atoms with Crippen molar-refractivity contribution in [3.05, 3.63) is 48.6 Å². The van der Waals surface area contributed by atoms with Crippen LogP contribution in [0.25, 0.3) is 0 Å². The molecule has 0 radical (unpaired) electrons. The summed E-state index contributed by atoms with van der Waals surface area (Å²) in [6.07, 6.45) is 2.29. The Labute approximate surface area is 267 Å². The highest BCUT2D eigenvalue weighted by atomic mass is 16.6. The van der Waals surface area contributed by atoms with Crippen LogP contribution in [0.3, 0.4) is 0 Å². The van der Waals surface area contributed by atoms with Crippen LogP contribution in [0.2, 0.25) is 0 Å². The second-order valence-corrected chi connectivity index (χ2v) is 10.0. The van der Waals surface area contributed by atoms with Crippen molar-refractivity contribution in [2.45, 2.75) is 92.0 Å². The Kier molecular flexibility index (Phi) is 34.6. The summed E-state index contributed by atoms with van der Waals surface area (Å²) < 4.78 is 18.8. The van der Waals surface area contributed by atoms with Crippen molar-refractivity contribution in [1.29, 1.82) is 0 Å². The van der Waals surface area contributed by atoms with Crippen LogP contribution in [0.1, 0.15) is 73.6 Å². The third kappa shape index (κ3) is 38.6. The Balaban J connectivity index is -0.000000250. The van der Waals surface area contributed by atoms with Gasteiger partial charge >= 0.3 is 23.9 Å². The first-order valence-corrected chi connectivity index (χ1v) is 14.4. The number of aliphatic hydroxyl groups is 5. The minimum absolute atomic E-state index is 0.0324. The number of rotatable bonds is 18.